The largest absolute Gasteiger partial charge is 0.394 e. The highest BCUT2D eigenvalue weighted by Crippen LogP contribution is 2.37. The molecule has 0 aromatic heterocycles. The molecular formula is C21H32OSi. The summed E-state index contributed by atoms with van der Waals surface area (Å²) in [6, 6.07) is 10.4. The number of benzene rings is 1. The average molecular weight is 329 g/mol. The van der Waals surface area contributed by atoms with Crippen LogP contribution in [0.25, 0.3) is 0 Å². The van der Waals surface area contributed by atoms with Crippen molar-refractivity contribution >= 4 is 8.32 Å². The number of rotatable bonds is 8. The monoisotopic (exact) mass is 328 g/mol. The molecular weight excluding hydrogens is 296 g/mol. The summed E-state index contributed by atoms with van der Waals surface area (Å²) in [5, 5.41) is 0. The van der Waals surface area contributed by atoms with E-state index in [0.717, 1.165) is 18.4 Å². The average Bonchev–Trinajstić information content (AvgIpc) is 2.54. The Morgan fingerprint density at radius 2 is 1.74 bits per heavy atom. The van der Waals surface area contributed by atoms with E-state index >= 15 is 0 Å². The molecule has 126 valence electrons. The van der Waals surface area contributed by atoms with Gasteiger partial charge in [-0.3, -0.25) is 0 Å². The van der Waals surface area contributed by atoms with Gasteiger partial charge in [-0.1, -0.05) is 83.0 Å². The Morgan fingerprint density at radius 1 is 1.13 bits per heavy atom. The minimum absolute atomic E-state index is 0.0758. The van der Waals surface area contributed by atoms with Crippen LogP contribution >= 0.6 is 0 Å². The first-order valence-electron chi connectivity index (χ1n) is 8.83. The first kappa shape index (κ1) is 19.7. The second kappa shape index (κ2) is 9.75. The molecule has 0 spiro atoms. The van der Waals surface area contributed by atoms with Crippen molar-refractivity contribution in [3.63, 3.8) is 0 Å². The maximum absolute atomic E-state index is 6.72. The second-order valence-electron chi connectivity index (χ2n) is 6.69. The van der Waals surface area contributed by atoms with Gasteiger partial charge < -0.3 is 4.43 Å². The van der Waals surface area contributed by atoms with Crippen molar-refractivity contribution < 1.29 is 4.43 Å². The Hall–Kier alpha value is -1.30. The molecule has 1 aromatic carbocycles. The normalized spacial score (nSPS) is 12.8. The fraction of sp³-hybridized carbons (Fsp3) is 0.524. The molecule has 0 saturated carbocycles. The summed E-state index contributed by atoms with van der Waals surface area (Å²) in [6.45, 7) is 15.2. The number of unbranched alkanes of at least 4 members (excludes halogenated alkanes) is 2. The molecule has 0 radical (unpaired) electrons. The van der Waals surface area contributed by atoms with Crippen molar-refractivity contribution in [1.82, 2.24) is 0 Å². The third kappa shape index (κ3) is 5.37. The van der Waals surface area contributed by atoms with Crippen molar-refractivity contribution in [2.24, 2.45) is 0 Å². The number of hydrogen-bond donors (Lipinski definition) is 0. The molecule has 0 saturated heterocycles. The van der Waals surface area contributed by atoms with Crippen LogP contribution in [0, 0.1) is 11.5 Å². The Labute approximate surface area is 144 Å². The minimum atomic E-state index is -2.20. The van der Waals surface area contributed by atoms with Crippen LogP contribution in [-0.2, 0) is 4.43 Å². The lowest BCUT2D eigenvalue weighted by Crippen LogP contribution is -2.44. The summed E-state index contributed by atoms with van der Waals surface area (Å²) in [5.74, 6) is 3.42. The Kier molecular flexibility index (Phi) is 8.37. The minimum Gasteiger partial charge on any atom is -0.394 e. The third-order valence-corrected chi connectivity index (χ3v) is 8.96. The summed E-state index contributed by atoms with van der Waals surface area (Å²) in [7, 11) is -2.20. The highest BCUT2D eigenvalue weighted by Gasteiger charge is 2.43. The van der Waals surface area contributed by atoms with Gasteiger partial charge in [0, 0.05) is 6.42 Å². The van der Waals surface area contributed by atoms with Gasteiger partial charge in [0.25, 0.3) is 8.32 Å². The highest BCUT2D eigenvalue weighted by atomic mass is 28.4. The van der Waals surface area contributed by atoms with Gasteiger partial charge >= 0.3 is 0 Å². The van der Waals surface area contributed by atoms with Gasteiger partial charge in [0.2, 0.25) is 0 Å². The summed E-state index contributed by atoms with van der Waals surface area (Å²) >= 11 is 0. The van der Waals surface area contributed by atoms with E-state index in [1.54, 1.807) is 0 Å². The fourth-order valence-electron chi connectivity index (χ4n) is 2.83. The zero-order chi connectivity index (χ0) is 17.3. The molecule has 1 aromatic rings. The molecule has 23 heavy (non-hydrogen) atoms. The van der Waals surface area contributed by atoms with Crippen LogP contribution in [0.4, 0.5) is 0 Å². The maximum Gasteiger partial charge on any atom is 0.278 e. The van der Waals surface area contributed by atoms with E-state index in [9.17, 15) is 0 Å². The van der Waals surface area contributed by atoms with Crippen LogP contribution in [0.2, 0.25) is 11.1 Å². The van der Waals surface area contributed by atoms with E-state index in [-0.39, 0.29) is 6.10 Å². The molecule has 0 aliphatic heterocycles. The van der Waals surface area contributed by atoms with Gasteiger partial charge in [0.05, 0.1) is 6.10 Å². The molecule has 2 heteroatoms. The highest BCUT2D eigenvalue weighted by molar-refractivity contribution is 6.84. The van der Waals surface area contributed by atoms with Crippen molar-refractivity contribution in [2.45, 2.75) is 71.1 Å². The summed E-state index contributed by atoms with van der Waals surface area (Å²) in [6.07, 6.45) is 5.16. The molecule has 0 aliphatic carbocycles. The fourth-order valence-corrected chi connectivity index (χ4v) is 6.40. The Bertz CT molecular complexity index is 514. The second-order valence-corrected chi connectivity index (χ2v) is 11.1. The Morgan fingerprint density at radius 3 is 2.22 bits per heavy atom. The third-order valence-electron chi connectivity index (χ3n) is 4.32. The van der Waals surface area contributed by atoms with Crippen LogP contribution < -0.4 is 0 Å². The van der Waals surface area contributed by atoms with Gasteiger partial charge in [-0.15, -0.1) is 12.5 Å². The van der Waals surface area contributed by atoms with Crippen LogP contribution in [0.15, 0.2) is 43.0 Å². The zero-order valence-corrected chi connectivity index (χ0v) is 16.4. The van der Waals surface area contributed by atoms with Gasteiger partial charge in [-0.2, -0.15) is 0 Å². The van der Waals surface area contributed by atoms with E-state index in [0.29, 0.717) is 11.1 Å². The predicted molar refractivity (Wildman–Crippen MR) is 104 cm³/mol. The maximum atomic E-state index is 6.72. The van der Waals surface area contributed by atoms with E-state index in [1.807, 2.05) is 12.1 Å². The van der Waals surface area contributed by atoms with E-state index in [2.05, 4.69) is 76.9 Å². The van der Waals surface area contributed by atoms with Crippen molar-refractivity contribution in [2.75, 3.05) is 0 Å². The molecule has 1 rings (SSSR count). The predicted octanol–water partition coefficient (Wildman–Crippen LogP) is 6.43. The first-order valence-corrected chi connectivity index (χ1v) is 10.9. The lowest BCUT2D eigenvalue weighted by Gasteiger charge is -2.36. The van der Waals surface area contributed by atoms with Gasteiger partial charge in [-0.05, 0) is 23.1 Å². The molecule has 1 unspecified atom stereocenters. The lowest BCUT2D eigenvalue weighted by atomic mass is 10.1. The standard InChI is InChI=1S/C21H32OSi/c1-7-9-10-14-17-23(18(3)4,19(5)6)22-21(8-2)20-15-12-11-13-16-20/h8,11-13,15-16,18-19,21H,2,7,9-10H2,1,3-6H3. The topological polar surface area (TPSA) is 9.23 Å². The molecule has 0 N–H and O–H groups in total. The van der Waals surface area contributed by atoms with E-state index in [1.165, 1.54) is 6.42 Å². The molecule has 1 atom stereocenters. The van der Waals surface area contributed by atoms with Gasteiger partial charge in [0.1, 0.15) is 0 Å². The van der Waals surface area contributed by atoms with E-state index in [4.69, 9.17) is 4.43 Å². The smallest absolute Gasteiger partial charge is 0.278 e. The van der Waals surface area contributed by atoms with Crippen LogP contribution in [0.5, 0.6) is 0 Å². The van der Waals surface area contributed by atoms with Crippen LogP contribution in [0.3, 0.4) is 0 Å². The van der Waals surface area contributed by atoms with Crippen LogP contribution in [-0.4, -0.2) is 8.32 Å². The molecule has 0 fully saturated rings. The SMILES string of the molecule is C=CC(O[Si](C#CCCCC)(C(C)C)C(C)C)c1ccccc1. The van der Waals surface area contributed by atoms with Crippen molar-refractivity contribution in [3.8, 4) is 11.5 Å². The van der Waals surface area contributed by atoms with Gasteiger partial charge in [0.15, 0.2) is 0 Å². The van der Waals surface area contributed by atoms with Crippen LogP contribution in [0.1, 0.15) is 65.5 Å². The van der Waals surface area contributed by atoms with Gasteiger partial charge in [-0.25, -0.2) is 0 Å². The summed E-state index contributed by atoms with van der Waals surface area (Å²) in [5.41, 5.74) is 5.68. The molecule has 0 amide bonds. The molecule has 0 heterocycles. The lowest BCUT2D eigenvalue weighted by molar-refractivity contribution is 0.235. The first-order chi connectivity index (χ1) is 11.0. The van der Waals surface area contributed by atoms with E-state index < -0.39 is 8.32 Å². The number of hydrogen-bond acceptors (Lipinski definition) is 1. The molecule has 0 aliphatic rings. The van der Waals surface area contributed by atoms with Crippen molar-refractivity contribution in [1.29, 1.82) is 0 Å². The molecule has 1 nitrogen and oxygen atoms in total. The zero-order valence-electron chi connectivity index (χ0n) is 15.4. The summed E-state index contributed by atoms with van der Waals surface area (Å²) < 4.78 is 6.72. The Balaban J connectivity index is 3.12. The quantitative estimate of drug-likeness (QED) is 0.231. The molecule has 0 bridgehead atoms. The summed E-state index contributed by atoms with van der Waals surface area (Å²) in [4.78, 5) is 0. The van der Waals surface area contributed by atoms with Crippen molar-refractivity contribution in [3.05, 3.63) is 48.6 Å².